The summed E-state index contributed by atoms with van der Waals surface area (Å²) >= 11 is 0. The number of halogens is 1. The fourth-order valence-electron chi connectivity index (χ4n) is 3.95. The Morgan fingerprint density at radius 1 is 0.941 bits per heavy atom. The smallest absolute Gasteiger partial charge is 0.411 e. The molecule has 3 aromatic carbocycles. The molecule has 0 bridgehead atoms. The van der Waals surface area contributed by atoms with Gasteiger partial charge in [0.05, 0.1) is 11.3 Å². The lowest BCUT2D eigenvalue weighted by Crippen LogP contribution is -2.49. The first-order valence-corrected chi connectivity index (χ1v) is 10.7. The standard InChI is InChI=1S/C26H23FN2O5/c1-26(2,24(31)32)29-23(30)19-12-7-13-21(22(19)27)28-25(33)34-14-20-17-10-5-3-8-15(17)16-9-4-6-11-18(16)20/h3-13,20H,14H2,1-2H3,(H,28,33)(H,29,30)(H,31,32). The molecule has 0 atom stereocenters. The van der Waals surface area contributed by atoms with Gasteiger partial charge in [-0.1, -0.05) is 54.6 Å². The van der Waals surface area contributed by atoms with Gasteiger partial charge in [0.15, 0.2) is 5.82 Å². The molecule has 2 amide bonds. The first kappa shape index (κ1) is 23.0. The Morgan fingerprint density at radius 2 is 1.53 bits per heavy atom. The molecule has 0 saturated heterocycles. The van der Waals surface area contributed by atoms with Crippen LogP contribution in [0.5, 0.6) is 0 Å². The topological polar surface area (TPSA) is 105 Å². The number of rotatable bonds is 6. The van der Waals surface area contributed by atoms with E-state index in [1.807, 2.05) is 48.5 Å². The van der Waals surface area contributed by atoms with Gasteiger partial charge in [0, 0.05) is 5.92 Å². The molecule has 3 aromatic rings. The van der Waals surface area contributed by atoms with Crippen molar-refractivity contribution in [1.29, 1.82) is 0 Å². The number of carbonyl (C=O) groups is 3. The quantitative estimate of drug-likeness (QED) is 0.489. The highest BCUT2D eigenvalue weighted by Crippen LogP contribution is 2.44. The molecule has 8 heteroatoms. The molecule has 3 N–H and O–H groups in total. The number of hydrogen-bond donors (Lipinski definition) is 3. The Kier molecular flexibility index (Phi) is 6.06. The van der Waals surface area contributed by atoms with Gasteiger partial charge in [-0.15, -0.1) is 0 Å². The van der Waals surface area contributed by atoms with Crippen molar-refractivity contribution in [2.24, 2.45) is 0 Å². The van der Waals surface area contributed by atoms with Gasteiger partial charge in [0.2, 0.25) is 0 Å². The van der Waals surface area contributed by atoms with Crippen molar-refractivity contribution in [3.8, 4) is 11.1 Å². The van der Waals surface area contributed by atoms with Crippen LogP contribution in [0.2, 0.25) is 0 Å². The zero-order valence-electron chi connectivity index (χ0n) is 18.6. The fraction of sp³-hybridized carbons (Fsp3) is 0.192. The summed E-state index contributed by atoms with van der Waals surface area (Å²) in [6, 6.07) is 19.6. The van der Waals surface area contributed by atoms with E-state index in [-0.39, 0.29) is 18.2 Å². The van der Waals surface area contributed by atoms with Gasteiger partial charge >= 0.3 is 12.1 Å². The van der Waals surface area contributed by atoms with Gasteiger partial charge in [0.25, 0.3) is 5.91 Å². The third-order valence-corrected chi connectivity index (χ3v) is 5.78. The molecular weight excluding hydrogens is 439 g/mol. The maximum Gasteiger partial charge on any atom is 0.411 e. The van der Waals surface area contributed by atoms with Crippen molar-refractivity contribution in [2.75, 3.05) is 11.9 Å². The van der Waals surface area contributed by atoms with Gasteiger partial charge in [-0.3, -0.25) is 10.1 Å². The Balaban J connectivity index is 1.46. The molecule has 4 rings (SSSR count). The number of benzene rings is 3. The Labute approximate surface area is 195 Å². The molecule has 0 saturated carbocycles. The van der Waals surface area contributed by atoms with Crippen molar-refractivity contribution in [3.05, 3.63) is 89.2 Å². The van der Waals surface area contributed by atoms with E-state index in [1.165, 1.54) is 32.0 Å². The predicted octanol–water partition coefficient (Wildman–Crippen LogP) is 4.78. The molecule has 7 nitrogen and oxygen atoms in total. The Hall–Kier alpha value is -4.20. The highest BCUT2D eigenvalue weighted by molar-refractivity contribution is 5.99. The molecule has 0 radical (unpaired) electrons. The minimum absolute atomic E-state index is 0.0501. The van der Waals surface area contributed by atoms with E-state index in [4.69, 9.17) is 9.84 Å². The van der Waals surface area contributed by atoms with Crippen LogP contribution in [0.25, 0.3) is 11.1 Å². The van der Waals surface area contributed by atoms with E-state index in [0.29, 0.717) is 0 Å². The minimum Gasteiger partial charge on any atom is -0.480 e. The number of anilines is 1. The maximum atomic E-state index is 14.9. The molecule has 0 heterocycles. The summed E-state index contributed by atoms with van der Waals surface area (Å²) in [6.45, 7) is 2.61. The van der Waals surface area contributed by atoms with Crippen molar-refractivity contribution < 1.29 is 28.6 Å². The van der Waals surface area contributed by atoms with Crippen LogP contribution in [0.4, 0.5) is 14.9 Å². The number of hydrogen-bond acceptors (Lipinski definition) is 4. The van der Waals surface area contributed by atoms with Gasteiger partial charge in [-0.2, -0.15) is 0 Å². The molecule has 1 aliphatic rings. The zero-order chi connectivity index (χ0) is 24.5. The molecule has 0 aromatic heterocycles. The first-order chi connectivity index (χ1) is 16.2. The van der Waals surface area contributed by atoms with Crippen LogP contribution in [0, 0.1) is 5.82 Å². The SMILES string of the molecule is CC(C)(NC(=O)c1cccc(NC(=O)OCC2c3ccccc3-c3ccccc32)c1F)C(=O)O. The zero-order valence-corrected chi connectivity index (χ0v) is 18.6. The molecule has 174 valence electrons. The molecule has 0 fully saturated rings. The van der Waals surface area contributed by atoms with Crippen LogP contribution in [-0.2, 0) is 9.53 Å². The first-order valence-electron chi connectivity index (χ1n) is 10.7. The summed E-state index contributed by atoms with van der Waals surface area (Å²) in [5, 5.41) is 13.8. The molecule has 34 heavy (non-hydrogen) atoms. The second-order valence-electron chi connectivity index (χ2n) is 8.50. The van der Waals surface area contributed by atoms with E-state index in [9.17, 15) is 18.8 Å². The number of nitrogens with one attached hydrogen (secondary N) is 2. The molecule has 0 spiro atoms. The van der Waals surface area contributed by atoms with E-state index in [0.717, 1.165) is 22.3 Å². The van der Waals surface area contributed by atoms with Gasteiger partial charge in [-0.05, 0) is 48.2 Å². The Morgan fingerprint density at radius 3 is 2.12 bits per heavy atom. The van der Waals surface area contributed by atoms with E-state index < -0.39 is 34.9 Å². The lowest BCUT2D eigenvalue weighted by molar-refractivity contribution is -0.143. The number of carboxylic acids is 1. The lowest BCUT2D eigenvalue weighted by atomic mass is 9.98. The lowest BCUT2D eigenvalue weighted by Gasteiger charge is -2.21. The van der Waals surface area contributed by atoms with E-state index in [2.05, 4.69) is 10.6 Å². The number of carbonyl (C=O) groups excluding carboxylic acids is 2. The highest BCUT2D eigenvalue weighted by atomic mass is 19.1. The number of ether oxygens (including phenoxy) is 1. The average molecular weight is 462 g/mol. The molecular formula is C26H23FN2O5. The number of amides is 2. The minimum atomic E-state index is -1.60. The van der Waals surface area contributed by atoms with E-state index >= 15 is 0 Å². The van der Waals surface area contributed by atoms with Gasteiger partial charge < -0.3 is 15.2 Å². The monoisotopic (exact) mass is 462 g/mol. The van der Waals surface area contributed by atoms with Crippen LogP contribution in [0.3, 0.4) is 0 Å². The largest absolute Gasteiger partial charge is 0.480 e. The summed E-state index contributed by atoms with van der Waals surface area (Å²) in [6.07, 6.45) is -0.871. The summed E-state index contributed by atoms with van der Waals surface area (Å²) in [5.74, 6) is -3.33. The molecule has 0 unspecified atom stereocenters. The average Bonchev–Trinajstić information content (AvgIpc) is 3.12. The third kappa shape index (κ3) is 4.34. The summed E-state index contributed by atoms with van der Waals surface area (Å²) in [5.41, 5.74) is 2.01. The second kappa shape index (κ2) is 8.97. The third-order valence-electron chi connectivity index (χ3n) is 5.78. The van der Waals surface area contributed by atoms with Gasteiger partial charge in [0.1, 0.15) is 12.1 Å². The summed E-state index contributed by atoms with van der Waals surface area (Å²) < 4.78 is 20.3. The van der Waals surface area contributed by atoms with Crippen molar-refractivity contribution in [3.63, 3.8) is 0 Å². The van der Waals surface area contributed by atoms with Crippen LogP contribution < -0.4 is 10.6 Å². The van der Waals surface area contributed by atoms with Crippen molar-refractivity contribution in [2.45, 2.75) is 25.3 Å². The van der Waals surface area contributed by atoms with Crippen LogP contribution in [0.1, 0.15) is 41.3 Å². The normalized spacial score (nSPS) is 12.4. The number of fused-ring (bicyclic) bond motifs is 3. The van der Waals surface area contributed by atoms with Crippen LogP contribution >= 0.6 is 0 Å². The van der Waals surface area contributed by atoms with Crippen molar-refractivity contribution >= 4 is 23.7 Å². The number of carboxylic acid groups (broad SMARTS) is 1. The second-order valence-corrected chi connectivity index (χ2v) is 8.50. The predicted molar refractivity (Wildman–Crippen MR) is 124 cm³/mol. The fourth-order valence-corrected chi connectivity index (χ4v) is 3.95. The molecule has 0 aliphatic heterocycles. The van der Waals surface area contributed by atoms with Crippen LogP contribution in [0.15, 0.2) is 66.7 Å². The van der Waals surface area contributed by atoms with Crippen molar-refractivity contribution in [1.82, 2.24) is 5.32 Å². The summed E-state index contributed by atoms with van der Waals surface area (Å²) in [4.78, 5) is 36.1. The molecule has 1 aliphatic carbocycles. The maximum absolute atomic E-state index is 14.9. The summed E-state index contributed by atoms with van der Waals surface area (Å²) in [7, 11) is 0. The highest BCUT2D eigenvalue weighted by Gasteiger charge is 2.31. The number of aliphatic carboxylic acids is 1. The van der Waals surface area contributed by atoms with Crippen LogP contribution in [-0.4, -0.2) is 35.2 Å². The van der Waals surface area contributed by atoms with E-state index in [1.54, 1.807) is 0 Å². The van der Waals surface area contributed by atoms with Gasteiger partial charge in [-0.25, -0.2) is 14.0 Å². The Bertz CT molecular complexity index is 1240.